The first-order valence-electron chi connectivity index (χ1n) is 6.12. The molecule has 100 valence electrons. The van der Waals surface area contributed by atoms with Crippen molar-refractivity contribution in [3.05, 3.63) is 29.6 Å². The molecular weight excluding hydrogens is 235 g/mol. The summed E-state index contributed by atoms with van der Waals surface area (Å²) in [6.45, 7) is 1.23. The van der Waals surface area contributed by atoms with E-state index < -0.39 is 5.82 Å². The molecule has 0 aliphatic carbocycles. The van der Waals surface area contributed by atoms with Crippen LogP contribution in [-0.2, 0) is 0 Å². The van der Waals surface area contributed by atoms with Crippen molar-refractivity contribution in [2.24, 2.45) is 5.73 Å². The molecule has 0 unspecified atom stereocenters. The Bertz CT molecular complexity index is 397. The Balaban J connectivity index is 2.32. The summed E-state index contributed by atoms with van der Waals surface area (Å²) >= 11 is 0. The molecule has 0 atom stereocenters. The number of phenols is 1. The Kier molecular flexibility index (Phi) is 6.14. The Hall–Kier alpha value is -1.62. The van der Waals surface area contributed by atoms with Gasteiger partial charge in [-0.3, -0.25) is 4.79 Å². The van der Waals surface area contributed by atoms with Crippen molar-refractivity contribution in [1.82, 2.24) is 5.32 Å². The molecule has 1 aromatic rings. The van der Waals surface area contributed by atoms with Gasteiger partial charge in [0.1, 0.15) is 11.6 Å². The third kappa shape index (κ3) is 4.71. The Morgan fingerprint density at radius 1 is 1.28 bits per heavy atom. The first-order chi connectivity index (χ1) is 8.65. The number of unbranched alkanes of at least 4 members (excludes halogenated alkanes) is 3. The van der Waals surface area contributed by atoms with Crippen molar-refractivity contribution in [2.45, 2.75) is 25.7 Å². The van der Waals surface area contributed by atoms with E-state index in [4.69, 9.17) is 5.73 Å². The van der Waals surface area contributed by atoms with Gasteiger partial charge in [0.05, 0.1) is 5.56 Å². The molecule has 0 saturated heterocycles. The minimum absolute atomic E-state index is 0.0957. The van der Waals surface area contributed by atoms with Gasteiger partial charge in [0, 0.05) is 12.6 Å². The van der Waals surface area contributed by atoms with Gasteiger partial charge in [0.25, 0.3) is 5.91 Å². The van der Waals surface area contributed by atoms with E-state index in [0.717, 1.165) is 37.8 Å². The normalized spacial score (nSPS) is 10.3. The number of phenolic OH excluding ortho intramolecular Hbond substituents is 1. The number of rotatable bonds is 7. The molecule has 0 aromatic heterocycles. The Morgan fingerprint density at radius 2 is 2.00 bits per heavy atom. The highest BCUT2D eigenvalue weighted by atomic mass is 19.1. The zero-order valence-electron chi connectivity index (χ0n) is 10.3. The van der Waals surface area contributed by atoms with Gasteiger partial charge in [0.2, 0.25) is 0 Å². The summed E-state index contributed by atoms with van der Waals surface area (Å²) in [7, 11) is 0. The van der Waals surface area contributed by atoms with Gasteiger partial charge in [-0.05, 0) is 31.5 Å². The molecule has 0 fully saturated rings. The number of carbonyl (C=O) groups excluding carboxylic acids is 1. The molecule has 0 bridgehead atoms. The first kappa shape index (κ1) is 14.4. The van der Waals surface area contributed by atoms with Crippen molar-refractivity contribution in [3.8, 4) is 5.75 Å². The van der Waals surface area contributed by atoms with E-state index in [0.29, 0.717) is 13.1 Å². The molecule has 0 aliphatic rings. The molecule has 18 heavy (non-hydrogen) atoms. The standard InChI is InChI=1S/C13H19FN2O2/c14-10-5-6-11(12(17)9-10)13(18)16-8-4-2-1-3-7-15/h5-6,9,17H,1-4,7-8,15H2,(H,16,18). The number of hydrogen-bond donors (Lipinski definition) is 3. The Labute approximate surface area is 106 Å². The lowest BCUT2D eigenvalue weighted by molar-refractivity contribution is 0.0950. The maximum absolute atomic E-state index is 12.7. The average molecular weight is 254 g/mol. The molecule has 0 radical (unpaired) electrons. The number of halogens is 1. The summed E-state index contributed by atoms with van der Waals surface area (Å²) in [5.41, 5.74) is 5.46. The van der Waals surface area contributed by atoms with Crippen LogP contribution in [0.3, 0.4) is 0 Å². The van der Waals surface area contributed by atoms with Crippen molar-refractivity contribution >= 4 is 5.91 Å². The quantitative estimate of drug-likeness (QED) is 0.649. The van der Waals surface area contributed by atoms with Crippen molar-refractivity contribution in [1.29, 1.82) is 0 Å². The third-order valence-electron chi connectivity index (χ3n) is 2.62. The van der Waals surface area contributed by atoms with Crippen LogP contribution in [0.25, 0.3) is 0 Å². The highest BCUT2D eigenvalue weighted by molar-refractivity contribution is 5.96. The van der Waals surface area contributed by atoms with Crippen LogP contribution in [0.2, 0.25) is 0 Å². The van der Waals surface area contributed by atoms with Gasteiger partial charge in [-0.2, -0.15) is 0 Å². The molecule has 0 spiro atoms. The van der Waals surface area contributed by atoms with Crippen LogP contribution in [-0.4, -0.2) is 24.1 Å². The largest absolute Gasteiger partial charge is 0.507 e. The van der Waals surface area contributed by atoms with Gasteiger partial charge >= 0.3 is 0 Å². The monoisotopic (exact) mass is 254 g/mol. The van der Waals surface area contributed by atoms with Crippen LogP contribution in [0.1, 0.15) is 36.0 Å². The summed E-state index contributed by atoms with van der Waals surface area (Å²) in [6.07, 6.45) is 3.92. The molecule has 5 heteroatoms. The van der Waals surface area contributed by atoms with Crippen LogP contribution < -0.4 is 11.1 Å². The number of aromatic hydroxyl groups is 1. The SMILES string of the molecule is NCCCCCCNC(=O)c1ccc(F)cc1O. The highest BCUT2D eigenvalue weighted by Gasteiger charge is 2.10. The molecule has 4 N–H and O–H groups in total. The molecule has 0 saturated carbocycles. The third-order valence-corrected chi connectivity index (χ3v) is 2.62. The molecule has 0 heterocycles. The smallest absolute Gasteiger partial charge is 0.255 e. The number of benzene rings is 1. The predicted octanol–water partition coefficient (Wildman–Crippen LogP) is 1.78. The summed E-state index contributed by atoms with van der Waals surface area (Å²) in [5.74, 6) is -1.28. The second-order valence-electron chi connectivity index (χ2n) is 4.12. The van der Waals surface area contributed by atoms with E-state index in [-0.39, 0.29) is 17.2 Å². The first-order valence-corrected chi connectivity index (χ1v) is 6.12. The summed E-state index contributed by atoms with van der Waals surface area (Å²) in [4.78, 5) is 11.7. The number of hydrogen-bond acceptors (Lipinski definition) is 3. The van der Waals surface area contributed by atoms with Crippen LogP contribution in [0.4, 0.5) is 4.39 Å². The van der Waals surface area contributed by atoms with Gasteiger partial charge in [0.15, 0.2) is 0 Å². The maximum Gasteiger partial charge on any atom is 0.255 e. The maximum atomic E-state index is 12.7. The average Bonchev–Trinajstić information content (AvgIpc) is 2.33. The number of carbonyl (C=O) groups is 1. The van der Waals surface area contributed by atoms with E-state index in [1.165, 1.54) is 6.07 Å². The lowest BCUT2D eigenvalue weighted by Crippen LogP contribution is -2.24. The fraction of sp³-hybridized carbons (Fsp3) is 0.462. The Morgan fingerprint density at radius 3 is 2.67 bits per heavy atom. The molecule has 4 nitrogen and oxygen atoms in total. The lowest BCUT2D eigenvalue weighted by atomic mass is 10.1. The summed E-state index contributed by atoms with van der Waals surface area (Å²) < 4.78 is 12.7. The van der Waals surface area contributed by atoms with E-state index in [1.807, 2.05) is 0 Å². The zero-order valence-corrected chi connectivity index (χ0v) is 10.3. The van der Waals surface area contributed by atoms with E-state index in [1.54, 1.807) is 0 Å². The van der Waals surface area contributed by atoms with Crippen molar-refractivity contribution in [2.75, 3.05) is 13.1 Å². The number of nitrogens with one attached hydrogen (secondary N) is 1. The molecule has 0 aliphatic heterocycles. The van der Waals surface area contributed by atoms with Gasteiger partial charge < -0.3 is 16.2 Å². The fourth-order valence-electron chi connectivity index (χ4n) is 1.62. The van der Waals surface area contributed by atoms with Crippen LogP contribution in [0.5, 0.6) is 5.75 Å². The van der Waals surface area contributed by atoms with Gasteiger partial charge in [-0.15, -0.1) is 0 Å². The molecule has 1 aromatic carbocycles. The van der Waals surface area contributed by atoms with Crippen molar-refractivity contribution in [3.63, 3.8) is 0 Å². The van der Waals surface area contributed by atoms with Crippen LogP contribution in [0.15, 0.2) is 18.2 Å². The van der Waals surface area contributed by atoms with E-state index in [2.05, 4.69) is 5.32 Å². The lowest BCUT2D eigenvalue weighted by Gasteiger charge is -2.06. The second kappa shape index (κ2) is 7.66. The minimum atomic E-state index is -0.564. The van der Waals surface area contributed by atoms with E-state index >= 15 is 0 Å². The van der Waals surface area contributed by atoms with Crippen molar-refractivity contribution < 1.29 is 14.3 Å². The molecule has 1 amide bonds. The van der Waals surface area contributed by atoms with E-state index in [9.17, 15) is 14.3 Å². The second-order valence-corrected chi connectivity index (χ2v) is 4.12. The van der Waals surface area contributed by atoms with Gasteiger partial charge in [-0.1, -0.05) is 12.8 Å². The summed E-state index contributed by atoms with van der Waals surface area (Å²) in [6, 6.07) is 3.35. The van der Waals surface area contributed by atoms with Crippen LogP contribution in [0, 0.1) is 5.82 Å². The topological polar surface area (TPSA) is 75.3 Å². The van der Waals surface area contributed by atoms with Crippen LogP contribution >= 0.6 is 0 Å². The molecule has 1 rings (SSSR count). The zero-order chi connectivity index (χ0) is 13.4. The van der Waals surface area contributed by atoms with Gasteiger partial charge in [-0.25, -0.2) is 4.39 Å². The number of amides is 1. The predicted molar refractivity (Wildman–Crippen MR) is 67.9 cm³/mol. The highest BCUT2D eigenvalue weighted by Crippen LogP contribution is 2.17. The number of nitrogens with two attached hydrogens (primary N) is 1. The summed E-state index contributed by atoms with van der Waals surface area (Å²) in [5, 5.41) is 12.1. The fourth-order valence-corrected chi connectivity index (χ4v) is 1.62. The molecular formula is C13H19FN2O2. The minimum Gasteiger partial charge on any atom is -0.507 e.